The summed E-state index contributed by atoms with van der Waals surface area (Å²) in [6.45, 7) is 0. The van der Waals surface area contributed by atoms with Gasteiger partial charge in [-0.05, 0) is 29.0 Å². The first-order chi connectivity index (χ1) is 9.13. The van der Waals surface area contributed by atoms with E-state index in [1.54, 1.807) is 0 Å². The van der Waals surface area contributed by atoms with E-state index in [0.29, 0.717) is 6.07 Å². The van der Waals surface area contributed by atoms with Crippen LogP contribution in [0.15, 0.2) is 40.1 Å². The summed E-state index contributed by atoms with van der Waals surface area (Å²) in [5.41, 5.74) is 0.0271. The normalized spacial score (nSPS) is 11.7. The first-order valence-corrected chi connectivity index (χ1v) is 7.84. The third-order valence-electron chi connectivity index (χ3n) is 2.55. The van der Waals surface area contributed by atoms with Crippen molar-refractivity contribution in [2.75, 3.05) is 0 Å². The molecule has 0 spiro atoms. The maximum absolute atomic E-state index is 11.2. The Morgan fingerprint density at radius 2 is 1.71 bits per heavy atom. The fourth-order valence-corrected chi connectivity index (χ4v) is 3.06. The van der Waals surface area contributed by atoms with Crippen molar-refractivity contribution in [2.24, 2.45) is 0 Å². The molecular weight excluding hydrogens is 331 g/mol. The molecule has 0 atom stereocenters. The predicted octanol–water partition coefficient (Wildman–Crippen LogP) is -1.52. The average Bonchev–Trinajstić information content (AvgIpc) is 2.34. The van der Waals surface area contributed by atoms with Gasteiger partial charge in [0.2, 0.25) is 5.39 Å². The molecule has 0 amide bonds. The summed E-state index contributed by atoms with van der Waals surface area (Å²) in [7, 11) is -9.64. The molecule has 0 saturated carbocycles. The molecule has 0 bridgehead atoms. The molecule has 0 unspecified atom stereocenters. The van der Waals surface area contributed by atoms with Gasteiger partial charge in [0.05, 0.1) is 9.79 Å². The quantitative estimate of drug-likeness (QED) is 0.398. The predicted molar refractivity (Wildman–Crippen MR) is 66.5 cm³/mol. The molecule has 11 heteroatoms. The Kier molecular flexibility index (Phi) is 5.12. The summed E-state index contributed by atoms with van der Waals surface area (Å²) in [6.07, 6.45) is 0. The van der Waals surface area contributed by atoms with E-state index in [9.17, 15) is 21.4 Å². The Hall–Kier alpha value is -1.06. The zero-order valence-corrected chi connectivity index (χ0v) is 14.2. The number of nitrogens with zero attached hydrogens (tertiary/aromatic N) is 2. The van der Waals surface area contributed by atoms with Crippen LogP contribution in [0.25, 0.3) is 15.7 Å². The summed E-state index contributed by atoms with van der Waals surface area (Å²) in [5.74, 6) is 0. The van der Waals surface area contributed by atoms with Gasteiger partial charge in [-0.25, -0.2) is 8.42 Å². The minimum Gasteiger partial charge on any atom is -0.744 e. The first-order valence-electron chi connectivity index (χ1n) is 4.99. The fraction of sp³-hybridized carbons (Fsp3) is 0. The topological polar surface area (TPSA) is 140 Å². The van der Waals surface area contributed by atoms with Gasteiger partial charge in [-0.2, -0.15) is 8.42 Å². The average molecular weight is 337 g/mol. The number of hydrogen-bond donors (Lipinski definition) is 1. The van der Waals surface area contributed by atoms with E-state index in [2.05, 4.69) is 4.98 Å². The molecule has 0 radical (unpaired) electrons. The zero-order chi connectivity index (χ0) is 15.1. The second-order valence-electron chi connectivity index (χ2n) is 3.86. The molecule has 0 heterocycles. The van der Waals surface area contributed by atoms with Gasteiger partial charge < -0.3 is 4.55 Å². The van der Waals surface area contributed by atoms with Crippen LogP contribution in [-0.4, -0.2) is 25.9 Å². The third kappa shape index (κ3) is 3.78. The minimum absolute atomic E-state index is 0. The molecule has 2 aromatic carbocycles. The van der Waals surface area contributed by atoms with Crippen molar-refractivity contribution in [2.45, 2.75) is 9.79 Å². The summed E-state index contributed by atoms with van der Waals surface area (Å²) in [4.78, 5) is 1.34. The van der Waals surface area contributed by atoms with E-state index < -0.39 is 30.0 Å². The smallest absolute Gasteiger partial charge is 0.744 e. The molecule has 2 aromatic rings. The van der Waals surface area contributed by atoms with Crippen molar-refractivity contribution in [3.05, 3.63) is 35.3 Å². The third-order valence-corrected chi connectivity index (χ3v) is 4.26. The van der Waals surface area contributed by atoms with Crippen LogP contribution in [0.2, 0.25) is 0 Å². The summed E-state index contributed by atoms with van der Waals surface area (Å²) >= 11 is 0. The molecule has 104 valence electrons. The van der Waals surface area contributed by atoms with Crippen molar-refractivity contribution in [3.63, 3.8) is 0 Å². The largest absolute Gasteiger partial charge is 1.00 e. The Labute approximate surface area is 142 Å². The molecule has 21 heavy (non-hydrogen) atoms. The Morgan fingerprint density at radius 3 is 2.19 bits per heavy atom. The molecule has 8 nitrogen and oxygen atoms in total. The van der Waals surface area contributed by atoms with Crippen LogP contribution >= 0.6 is 0 Å². The van der Waals surface area contributed by atoms with E-state index in [0.717, 1.165) is 6.07 Å². The van der Waals surface area contributed by atoms with Gasteiger partial charge in [0, 0.05) is 12.1 Å². The van der Waals surface area contributed by atoms with E-state index in [4.69, 9.17) is 9.95 Å². The minimum atomic E-state index is -4.95. The van der Waals surface area contributed by atoms with Crippen molar-refractivity contribution < 1.29 is 55.5 Å². The maximum atomic E-state index is 11.2. The van der Waals surface area contributed by atoms with Gasteiger partial charge in [-0.1, -0.05) is 0 Å². The molecule has 0 aliphatic rings. The van der Waals surface area contributed by atoms with Crippen LogP contribution in [0.5, 0.6) is 0 Å². The van der Waals surface area contributed by atoms with Gasteiger partial charge in [-0.3, -0.25) is 4.55 Å². The van der Waals surface area contributed by atoms with E-state index in [-0.39, 0.29) is 46.0 Å². The number of diazo groups is 1. The molecule has 2 rings (SSSR count). The van der Waals surface area contributed by atoms with Crippen LogP contribution in [0, 0.1) is 5.39 Å². The van der Waals surface area contributed by atoms with E-state index in [1.165, 1.54) is 18.2 Å². The van der Waals surface area contributed by atoms with Crippen LogP contribution in [-0.2, 0) is 20.2 Å². The van der Waals surface area contributed by atoms with Crippen molar-refractivity contribution in [1.29, 1.82) is 5.39 Å². The first kappa shape index (κ1) is 18.0. The summed E-state index contributed by atoms with van der Waals surface area (Å²) in [6, 6.07) is 5.15. The zero-order valence-electron chi connectivity index (χ0n) is 10.6. The number of hydrogen-bond acceptors (Lipinski definition) is 6. The monoisotopic (exact) mass is 337 g/mol. The van der Waals surface area contributed by atoms with Crippen molar-refractivity contribution in [3.8, 4) is 0 Å². The molecule has 0 saturated heterocycles. The maximum Gasteiger partial charge on any atom is 1.00 e. The standard InChI is InChI=1S/C10H6N2O6S2.Na/c11-12-7-1-2-9-6(3-7)4-8(19(13,14)15)5-10(9)20(16,17)18;/h1-5H,(H-,13,14,15,16,17,18);/q;+1. The number of rotatable bonds is 2. The number of fused-ring (bicyclic) bond motifs is 1. The van der Waals surface area contributed by atoms with Crippen molar-refractivity contribution in [1.82, 2.24) is 0 Å². The number of benzene rings is 2. The molecule has 0 aromatic heterocycles. The van der Waals surface area contributed by atoms with Gasteiger partial charge in [0.15, 0.2) is 4.98 Å². The second-order valence-corrected chi connectivity index (χ2v) is 6.63. The molecule has 0 aliphatic heterocycles. The van der Waals surface area contributed by atoms with E-state index >= 15 is 0 Å². The Bertz CT molecular complexity index is 963. The second kappa shape index (κ2) is 5.98. The van der Waals surface area contributed by atoms with E-state index in [1.807, 2.05) is 0 Å². The van der Waals surface area contributed by atoms with Gasteiger partial charge in [0.25, 0.3) is 10.1 Å². The SMILES string of the molecule is N#[N+]c1ccc2c(S(=O)(=O)[O-])cc(S(=O)(=O)O)cc2c1.[Na+]. The summed E-state index contributed by atoms with van der Waals surface area (Å²) in [5, 5.41) is 8.61. The van der Waals surface area contributed by atoms with Gasteiger partial charge >= 0.3 is 35.2 Å². The fourth-order valence-electron chi connectivity index (χ4n) is 1.71. The molecule has 1 N–H and O–H groups in total. The summed E-state index contributed by atoms with van der Waals surface area (Å²) < 4.78 is 64.7. The van der Waals surface area contributed by atoms with Gasteiger partial charge in [-0.15, -0.1) is 0 Å². The van der Waals surface area contributed by atoms with Crippen LogP contribution in [0.4, 0.5) is 5.69 Å². The van der Waals surface area contributed by atoms with Crippen LogP contribution in [0.3, 0.4) is 0 Å². The Morgan fingerprint density at radius 1 is 1.10 bits per heavy atom. The Balaban J connectivity index is 0.00000220. The molecule has 0 fully saturated rings. The van der Waals surface area contributed by atoms with Crippen LogP contribution in [0.1, 0.15) is 0 Å². The molecular formula is C10H6N2NaO6S2+. The van der Waals surface area contributed by atoms with Gasteiger partial charge in [0.1, 0.15) is 10.1 Å². The molecule has 0 aliphatic carbocycles. The van der Waals surface area contributed by atoms with Crippen LogP contribution < -0.4 is 29.6 Å². The van der Waals surface area contributed by atoms with Crippen molar-refractivity contribution >= 4 is 36.7 Å².